The van der Waals surface area contributed by atoms with Crippen molar-refractivity contribution < 1.29 is 4.74 Å². The van der Waals surface area contributed by atoms with E-state index in [1.807, 2.05) is 0 Å². The van der Waals surface area contributed by atoms with Crippen molar-refractivity contribution in [2.24, 2.45) is 10.8 Å². The Kier molecular flexibility index (Phi) is 3.56. The Labute approximate surface area is 129 Å². The van der Waals surface area contributed by atoms with Crippen LogP contribution in [0.5, 0.6) is 5.75 Å². The summed E-state index contributed by atoms with van der Waals surface area (Å²) in [5, 5.41) is 0. The predicted octanol–water partition coefficient (Wildman–Crippen LogP) is 4.40. The van der Waals surface area contributed by atoms with E-state index in [1.165, 1.54) is 36.9 Å². The Morgan fingerprint density at radius 3 is 2.67 bits per heavy atom. The van der Waals surface area contributed by atoms with Gasteiger partial charge in [0.25, 0.3) is 0 Å². The van der Waals surface area contributed by atoms with E-state index in [-0.39, 0.29) is 0 Å². The van der Waals surface area contributed by atoms with Crippen molar-refractivity contribution in [1.82, 2.24) is 4.90 Å². The number of rotatable bonds is 3. The van der Waals surface area contributed by atoms with Crippen LogP contribution in [0.3, 0.4) is 0 Å². The van der Waals surface area contributed by atoms with Gasteiger partial charge >= 0.3 is 0 Å². The third kappa shape index (κ3) is 2.96. The first-order valence-corrected chi connectivity index (χ1v) is 8.18. The quantitative estimate of drug-likeness (QED) is 0.817. The first-order valence-electron chi connectivity index (χ1n) is 8.18. The van der Waals surface area contributed by atoms with Crippen LogP contribution in [0, 0.1) is 17.8 Å². The van der Waals surface area contributed by atoms with Gasteiger partial charge in [-0.05, 0) is 54.2 Å². The molecule has 0 aromatic heterocycles. The lowest BCUT2D eigenvalue weighted by molar-refractivity contribution is 0.126. The smallest absolute Gasteiger partial charge is 0.121 e. The van der Waals surface area contributed by atoms with Gasteiger partial charge in [-0.25, -0.2) is 0 Å². The average Bonchev–Trinajstić information content (AvgIpc) is 2.58. The molecule has 0 N–H and O–H groups in total. The molecule has 0 amide bonds. The molecule has 2 nitrogen and oxygen atoms in total. The third-order valence-electron chi connectivity index (χ3n) is 5.37. The molecule has 1 heterocycles. The van der Waals surface area contributed by atoms with E-state index in [0.29, 0.717) is 10.8 Å². The van der Waals surface area contributed by atoms with E-state index in [0.717, 1.165) is 18.3 Å². The SMILES string of the molecule is COc1ccc(CN2C[C@]3(C)C[C@@H]2CC(C)(C)C3)cc1C. The highest BCUT2D eigenvalue weighted by Crippen LogP contribution is 2.52. The van der Waals surface area contributed by atoms with Crippen molar-refractivity contribution in [3.63, 3.8) is 0 Å². The molecule has 1 aromatic rings. The van der Waals surface area contributed by atoms with Gasteiger partial charge in [-0.15, -0.1) is 0 Å². The summed E-state index contributed by atoms with van der Waals surface area (Å²) in [5.74, 6) is 0.993. The van der Waals surface area contributed by atoms with Crippen molar-refractivity contribution in [1.29, 1.82) is 0 Å². The summed E-state index contributed by atoms with van der Waals surface area (Å²) in [4.78, 5) is 2.72. The second-order valence-electron chi connectivity index (χ2n) is 8.42. The first kappa shape index (κ1) is 14.9. The average molecular weight is 287 g/mol. The number of likely N-dealkylation sites (tertiary alicyclic amines) is 1. The molecular weight excluding hydrogens is 258 g/mol. The van der Waals surface area contributed by atoms with Gasteiger partial charge in [0.15, 0.2) is 0 Å². The van der Waals surface area contributed by atoms with Crippen LogP contribution < -0.4 is 4.74 Å². The molecule has 0 unspecified atom stereocenters. The molecule has 2 atom stereocenters. The molecule has 116 valence electrons. The fraction of sp³-hybridized carbons (Fsp3) is 0.684. The van der Waals surface area contributed by atoms with Gasteiger partial charge in [-0.3, -0.25) is 4.90 Å². The lowest BCUT2D eigenvalue weighted by atomic mass is 9.65. The highest BCUT2D eigenvalue weighted by Gasteiger charge is 2.49. The van der Waals surface area contributed by atoms with Gasteiger partial charge in [0.2, 0.25) is 0 Å². The monoisotopic (exact) mass is 287 g/mol. The summed E-state index contributed by atoms with van der Waals surface area (Å²) in [6.07, 6.45) is 4.10. The summed E-state index contributed by atoms with van der Waals surface area (Å²) >= 11 is 0. The second kappa shape index (κ2) is 5.01. The molecule has 1 aromatic carbocycles. The van der Waals surface area contributed by atoms with Gasteiger partial charge in [0.05, 0.1) is 7.11 Å². The number of benzene rings is 1. The molecule has 1 saturated heterocycles. The minimum absolute atomic E-state index is 0.502. The molecule has 2 fully saturated rings. The van der Waals surface area contributed by atoms with E-state index in [1.54, 1.807) is 7.11 Å². The first-order chi connectivity index (χ1) is 9.80. The zero-order valence-electron chi connectivity index (χ0n) is 14.2. The number of fused-ring (bicyclic) bond motifs is 2. The number of methoxy groups -OCH3 is 1. The molecule has 0 spiro atoms. The molecule has 3 rings (SSSR count). The molecule has 2 bridgehead atoms. The summed E-state index contributed by atoms with van der Waals surface area (Å²) in [6, 6.07) is 7.38. The zero-order chi connectivity index (χ0) is 15.3. The minimum atomic E-state index is 0.502. The van der Waals surface area contributed by atoms with Crippen LogP contribution in [-0.2, 0) is 6.54 Å². The summed E-state index contributed by atoms with van der Waals surface area (Å²) in [5.41, 5.74) is 3.68. The van der Waals surface area contributed by atoms with E-state index in [2.05, 4.69) is 50.8 Å². The van der Waals surface area contributed by atoms with Gasteiger partial charge < -0.3 is 4.74 Å². The van der Waals surface area contributed by atoms with Crippen molar-refractivity contribution >= 4 is 0 Å². The normalized spacial score (nSPS) is 31.4. The Hall–Kier alpha value is -1.02. The molecule has 21 heavy (non-hydrogen) atoms. The number of hydrogen-bond donors (Lipinski definition) is 0. The number of aryl methyl sites for hydroxylation is 1. The maximum Gasteiger partial charge on any atom is 0.121 e. The Balaban J connectivity index is 1.76. The Bertz CT molecular complexity index is 536. The van der Waals surface area contributed by atoms with Crippen molar-refractivity contribution in [2.45, 2.75) is 59.5 Å². The van der Waals surface area contributed by atoms with Gasteiger partial charge in [-0.1, -0.05) is 32.9 Å². The second-order valence-corrected chi connectivity index (χ2v) is 8.42. The molecule has 2 aliphatic rings. The standard InChI is InChI=1S/C19H29NO/c1-14-8-15(6-7-17(14)21-5)11-20-13-19(4)10-16(20)9-18(2,3)12-19/h6-8,16H,9-13H2,1-5H3/t16-,19+/m0/s1. The maximum absolute atomic E-state index is 5.37. The predicted molar refractivity (Wildman–Crippen MR) is 87.7 cm³/mol. The third-order valence-corrected chi connectivity index (χ3v) is 5.37. The van der Waals surface area contributed by atoms with E-state index in [9.17, 15) is 0 Å². The van der Waals surface area contributed by atoms with Gasteiger partial charge in [0, 0.05) is 19.1 Å². The highest BCUT2D eigenvalue weighted by molar-refractivity contribution is 5.36. The van der Waals surface area contributed by atoms with Gasteiger partial charge in [0.1, 0.15) is 5.75 Å². The largest absolute Gasteiger partial charge is 0.496 e. The lowest BCUT2D eigenvalue weighted by Crippen LogP contribution is -2.34. The van der Waals surface area contributed by atoms with Gasteiger partial charge in [-0.2, -0.15) is 0 Å². The van der Waals surface area contributed by atoms with Crippen LogP contribution in [0.2, 0.25) is 0 Å². The minimum Gasteiger partial charge on any atom is -0.496 e. The van der Waals surface area contributed by atoms with Crippen LogP contribution in [0.15, 0.2) is 18.2 Å². The number of ether oxygens (including phenoxy) is 1. The molecule has 2 heteroatoms. The topological polar surface area (TPSA) is 12.5 Å². The number of hydrogen-bond acceptors (Lipinski definition) is 2. The Morgan fingerprint density at radius 2 is 2.00 bits per heavy atom. The summed E-state index contributed by atoms with van der Waals surface area (Å²) < 4.78 is 5.37. The highest BCUT2D eigenvalue weighted by atomic mass is 16.5. The fourth-order valence-corrected chi connectivity index (χ4v) is 5.03. The molecule has 1 saturated carbocycles. The molecule has 1 aliphatic carbocycles. The van der Waals surface area contributed by atoms with Crippen LogP contribution >= 0.6 is 0 Å². The molecular formula is C19H29NO. The van der Waals surface area contributed by atoms with Crippen LogP contribution in [0.1, 0.15) is 51.2 Å². The zero-order valence-corrected chi connectivity index (χ0v) is 14.2. The van der Waals surface area contributed by atoms with E-state index < -0.39 is 0 Å². The van der Waals surface area contributed by atoms with Crippen molar-refractivity contribution in [2.75, 3.05) is 13.7 Å². The van der Waals surface area contributed by atoms with Crippen LogP contribution in [0.25, 0.3) is 0 Å². The molecule has 1 aliphatic heterocycles. The lowest BCUT2D eigenvalue weighted by Gasteiger charge is -2.40. The summed E-state index contributed by atoms with van der Waals surface area (Å²) in [6.45, 7) is 11.8. The molecule has 0 radical (unpaired) electrons. The summed E-state index contributed by atoms with van der Waals surface area (Å²) in [7, 11) is 1.74. The van der Waals surface area contributed by atoms with Crippen molar-refractivity contribution in [3.8, 4) is 5.75 Å². The fourth-order valence-electron chi connectivity index (χ4n) is 5.03. The maximum atomic E-state index is 5.37. The van der Waals surface area contributed by atoms with Crippen molar-refractivity contribution in [3.05, 3.63) is 29.3 Å². The van der Waals surface area contributed by atoms with E-state index >= 15 is 0 Å². The van der Waals surface area contributed by atoms with Crippen LogP contribution in [-0.4, -0.2) is 24.6 Å². The Morgan fingerprint density at radius 1 is 1.24 bits per heavy atom. The van der Waals surface area contributed by atoms with E-state index in [4.69, 9.17) is 4.74 Å². The number of nitrogens with zero attached hydrogens (tertiary/aromatic N) is 1. The van der Waals surface area contributed by atoms with Crippen LogP contribution in [0.4, 0.5) is 0 Å².